The van der Waals surface area contributed by atoms with E-state index in [4.69, 9.17) is 0 Å². The van der Waals surface area contributed by atoms with Gasteiger partial charge in [0.05, 0.1) is 24.9 Å². The van der Waals surface area contributed by atoms with E-state index in [0.717, 1.165) is 19.5 Å². The Kier molecular flexibility index (Phi) is 7.04. The van der Waals surface area contributed by atoms with Crippen LogP contribution in [0.4, 0.5) is 0 Å². The van der Waals surface area contributed by atoms with Crippen LogP contribution in [0.2, 0.25) is 0 Å². The van der Waals surface area contributed by atoms with Crippen LogP contribution in [-0.4, -0.2) is 58.2 Å². The summed E-state index contributed by atoms with van der Waals surface area (Å²) in [6, 6.07) is -0.287. The predicted molar refractivity (Wildman–Crippen MR) is 67.8 cm³/mol. The summed E-state index contributed by atoms with van der Waals surface area (Å²) in [5.74, 6) is 0. The lowest BCUT2D eigenvalue weighted by Crippen LogP contribution is -2.56. The molecular weight excluding hydrogens is 218 g/mol. The van der Waals surface area contributed by atoms with E-state index in [1.54, 1.807) is 0 Å². The molecule has 1 aliphatic heterocycles. The number of nitrogens with zero attached hydrogens (tertiary/aromatic N) is 1. The summed E-state index contributed by atoms with van der Waals surface area (Å²) in [6.07, 6.45) is 5.23. The Morgan fingerprint density at radius 3 is 2.47 bits per heavy atom. The molecule has 0 bridgehead atoms. The second kappa shape index (κ2) is 8.03. The highest BCUT2D eigenvalue weighted by atomic mass is 16.3. The molecule has 0 radical (unpaired) electrons. The summed E-state index contributed by atoms with van der Waals surface area (Å²) in [4.78, 5) is 2.11. The summed E-state index contributed by atoms with van der Waals surface area (Å²) in [5.41, 5.74) is 0. The minimum atomic E-state index is -0.801. The molecule has 0 aromatic heterocycles. The summed E-state index contributed by atoms with van der Waals surface area (Å²) >= 11 is 0. The van der Waals surface area contributed by atoms with E-state index in [0.29, 0.717) is 6.42 Å². The van der Waals surface area contributed by atoms with Crippen molar-refractivity contribution in [1.29, 1.82) is 0 Å². The second-order valence-electron chi connectivity index (χ2n) is 5.05. The van der Waals surface area contributed by atoms with E-state index in [1.165, 1.54) is 25.7 Å². The van der Waals surface area contributed by atoms with Gasteiger partial charge >= 0.3 is 0 Å². The summed E-state index contributed by atoms with van der Waals surface area (Å²) in [7, 11) is 0. The fourth-order valence-electron chi connectivity index (χ4n) is 2.53. The first kappa shape index (κ1) is 14.9. The molecule has 1 fully saturated rings. The largest absolute Gasteiger partial charge is 0.395 e. The van der Waals surface area contributed by atoms with Crippen molar-refractivity contribution < 1.29 is 15.3 Å². The van der Waals surface area contributed by atoms with Crippen LogP contribution in [0.3, 0.4) is 0 Å². The van der Waals surface area contributed by atoms with Crippen LogP contribution < -0.4 is 0 Å². The fraction of sp³-hybridized carbons (Fsp3) is 1.00. The van der Waals surface area contributed by atoms with Crippen LogP contribution in [0.15, 0.2) is 0 Å². The number of rotatable bonds is 7. The van der Waals surface area contributed by atoms with Gasteiger partial charge < -0.3 is 15.3 Å². The average molecular weight is 245 g/mol. The first-order valence-corrected chi connectivity index (χ1v) is 6.91. The molecule has 3 N–H and O–H groups in total. The van der Waals surface area contributed by atoms with Gasteiger partial charge in [0.25, 0.3) is 0 Å². The van der Waals surface area contributed by atoms with Gasteiger partial charge in [-0.25, -0.2) is 0 Å². The molecule has 1 rings (SSSR count). The topological polar surface area (TPSA) is 63.9 Å². The lowest BCUT2D eigenvalue weighted by atomic mass is 9.96. The molecule has 1 heterocycles. The van der Waals surface area contributed by atoms with Crippen molar-refractivity contribution in [3.63, 3.8) is 0 Å². The monoisotopic (exact) mass is 245 g/mol. The van der Waals surface area contributed by atoms with Gasteiger partial charge in [-0.05, 0) is 19.4 Å². The van der Waals surface area contributed by atoms with Crippen LogP contribution in [-0.2, 0) is 0 Å². The number of aliphatic hydroxyl groups is 3. The molecule has 0 saturated carbocycles. The van der Waals surface area contributed by atoms with Gasteiger partial charge in [0.15, 0.2) is 0 Å². The zero-order chi connectivity index (χ0) is 12.7. The molecule has 4 nitrogen and oxygen atoms in total. The maximum absolute atomic E-state index is 9.80. The number of hydrogen-bond acceptors (Lipinski definition) is 4. The molecule has 0 unspecified atom stereocenters. The molecule has 0 aromatic rings. The molecule has 3 atom stereocenters. The van der Waals surface area contributed by atoms with Crippen LogP contribution >= 0.6 is 0 Å². The van der Waals surface area contributed by atoms with Gasteiger partial charge in [0.2, 0.25) is 0 Å². The average Bonchev–Trinajstić information content (AvgIpc) is 2.33. The maximum atomic E-state index is 9.80. The number of unbranched alkanes of at least 4 members (excludes halogenated alkanes) is 4. The summed E-state index contributed by atoms with van der Waals surface area (Å²) in [6.45, 7) is 3.81. The lowest BCUT2D eigenvalue weighted by Gasteiger charge is -2.40. The molecular formula is C13H27NO3. The van der Waals surface area contributed by atoms with E-state index in [2.05, 4.69) is 11.8 Å². The molecule has 0 aliphatic carbocycles. The van der Waals surface area contributed by atoms with Gasteiger partial charge in [-0.15, -0.1) is 0 Å². The van der Waals surface area contributed by atoms with E-state index in [-0.39, 0.29) is 12.6 Å². The zero-order valence-electron chi connectivity index (χ0n) is 10.9. The number of aliphatic hydroxyl groups excluding tert-OH is 3. The lowest BCUT2D eigenvalue weighted by molar-refractivity contribution is -0.0896. The Labute approximate surface area is 104 Å². The third-order valence-electron chi connectivity index (χ3n) is 3.71. The third-order valence-corrected chi connectivity index (χ3v) is 3.71. The Bertz CT molecular complexity index is 201. The first-order chi connectivity index (χ1) is 8.20. The molecule has 4 heteroatoms. The summed E-state index contributed by atoms with van der Waals surface area (Å²) < 4.78 is 0. The maximum Gasteiger partial charge on any atom is 0.0976 e. The van der Waals surface area contributed by atoms with Crippen molar-refractivity contribution in [2.45, 2.75) is 63.7 Å². The summed E-state index contributed by atoms with van der Waals surface area (Å²) in [5, 5.41) is 28.6. The Hall–Kier alpha value is -0.160. The van der Waals surface area contributed by atoms with Gasteiger partial charge in [0, 0.05) is 6.54 Å². The molecule has 1 aliphatic rings. The Balaban J connectivity index is 2.26. The molecule has 102 valence electrons. The van der Waals surface area contributed by atoms with Crippen molar-refractivity contribution in [2.75, 3.05) is 19.7 Å². The van der Waals surface area contributed by atoms with E-state index < -0.39 is 12.2 Å². The smallest absolute Gasteiger partial charge is 0.0976 e. The molecule has 0 aromatic carbocycles. The van der Waals surface area contributed by atoms with E-state index in [1.807, 2.05) is 0 Å². The van der Waals surface area contributed by atoms with E-state index in [9.17, 15) is 15.3 Å². The van der Waals surface area contributed by atoms with Crippen molar-refractivity contribution in [3.05, 3.63) is 0 Å². The molecule has 0 spiro atoms. The number of hydrogen-bond donors (Lipinski definition) is 3. The molecule has 0 amide bonds. The normalized spacial score (nSPS) is 30.7. The number of likely N-dealkylation sites (tertiary alicyclic amines) is 1. The molecule has 1 saturated heterocycles. The SMILES string of the molecule is CCCCCCCN1CC[C@@H](O)[C@H](O)[C@H]1CO. The zero-order valence-corrected chi connectivity index (χ0v) is 10.9. The van der Waals surface area contributed by atoms with Crippen molar-refractivity contribution in [3.8, 4) is 0 Å². The van der Waals surface area contributed by atoms with Crippen molar-refractivity contribution in [1.82, 2.24) is 4.90 Å². The second-order valence-corrected chi connectivity index (χ2v) is 5.05. The van der Waals surface area contributed by atoms with E-state index >= 15 is 0 Å². The van der Waals surface area contributed by atoms with Gasteiger partial charge in [0.1, 0.15) is 0 Å². The van der Waals surface area contributed by atoms with Gasteiger partial charge in [-0.2, -0.15) is 0 Å². The standard InChI is InChI=1S/C13H27NO3/c1-2-3-4-5-6-8-14-9-7-12(16)13(17)11(14)10-15/h11-13,15-17H,2-10H2,1H3/t11-,12-,13-/m1/s1. The Morgan fingerprint density at radius 2 is 1.82 bits per heavy atom. The highest BCUT2D eigenvalue weighted by Gasteiger charge is 2.34. The Morgan fingerprint density at radius 1 is 1.12 bits per heavy atom. The van der Waals surface area contributed by atoms with Crippen molar-refractivity contribution >= 4 is 0 Å². The highest BCUT2D eigenvalue weighted by molar-refractivity contribution is 4.88. The quantitative estimate of drug-likeness (QED) is 0.579. The van der Waals surface area contributed by atoms with Crippen LogP contribution in [0.1, 0.15) is 45.4 Å². The van der Waals surface area contributed by atoms with Gasteiger partial charge in [-0.1, -0.05) is 32.6 Å². The highest BCUT2D eigenvalue weighted by Crippen LogP contribution is 2.19. The minimum Gasteiger partial charge on any atom is -0.395 e. The molecule has 17 heavy (non-hydrogen) atoms. The first-order valence-electron chi connectivity index (χ1n) is 6.91. The number of piperidine rings is 1. The minimum absolute atomic E-state index is 0.0762. The third kappa shape index (κ3) is 4.54. The predicted octanol–water partition coefficient (Wildman–Crippen LogP) is 0.745. The van der Waals surface area contributed by atoms with Crippen LogP contribution in [0, 0.1) is 0 Å². The van der Waals surface area contributed by atoms with Crippen LogP contribution in [0.25, 0.3) is 0 Å². The van der Waals surface area contributed by atoms with Crippen molar-refractivity contribution in [2.24, 2.45) is 0 Å². The fourth-order valence-corrected chi connectivity index (χ4v) is 2.53. The van der Waals surface area contributed by atoms with Gasteiger partial charge in [-0.3, -0.25) is 4.90 Å². The van der Waals surface area contributed by atoms with Crippen LogP contribution in [0.5, 0.6) is 0 Å².